The van der Waals surface area contributed by atoms with E-state index in [2.05, 4.69) is 19.2 Å². The highest BCUT2D eigenvalue weighted by Gasteiger charge is 2.10. The average molecular weight is 591 g/mol. The number of para-hydroxylation sites is 2. The van der Waals surface area contributed by atoms with Crippen molar-refractivity contribution in [1.82, 2.24) is 5.32 Å². The Morgan fingerprint density at radius 3 is 1.60 bits per heavy atom. The lowest BCUT2D eigenvalue weighted by molar-refractivity contribution is -0.668. The van der Waals surface area contributed by atoms with Crippen LogP contribution in [0.1, 0.15) is 33.6 Å². The maximum Gasteiger partial charge on any atom is 0.254 e. The fourth-order valence-electron chi connectivity index (χ4n) is 3.54. The van der Waals surface area contributed by atoms with E-state index in [0.29, 0.717) is 18.0 Å². The highest BCUT2D eigenvalue weighted by atomic mass is 127. The zero-order valence-electron chi connectivity index (χ0n) is 20.4. The van der Waals surface area contributed by atoms with Gasteiger partial charge in [-0.1, -0.05) is 25.5 Å². The first kappa shape index (κ1) is 29.9. The van der Waals surface area contributed by atoms with Crippen LogP contribution in [-0.2, 0) is 13.1 Å². The summed E-state index contributed by atoms with van der Waals surface area (Å²) in [7, 11) is 0. The molecule has 3 N–H and O–H groups in total. The van der Waals surface area contributed by atoms with Gasteiger partial charge in [-0.25, -0.2) is 0 Å². The van der Waals surface area contributed by atoms with Crippen molar-refractivity contribution in [3.8, 4) is 11.5 Å². The van der Waals surface area contributed by atoms with Gasteiger partial charge in [0, 0.05) is 18.7 Å². The molecule has 4 aromatic rings. The molecule has 8 heteroatoms. The van der Waals surface area contributed by atoms with Gasteiger partial charge in [0.05, 0.1) is 10.8 Å². The highest BCUT2D eigenvalue weighted by molar-refractivity contribution is 5.81. The molecule has 2 aromatic carbocycles. The molecule has 0 spiro atoms. The third-order valence-corrected chi connectivity index (χ3v) is 5.23. The molecule has 0 aliphatic rings. The van der Waals surface area contributed by atoms with Crippen LogP contribution in [0, 0.1) is 0 Å². The summed E-state index contributed by atoms with van der Waals surface area (Å²) < 4.78 is 4.06. The Hall–Kier alpha value is -3.14. The van der Waals surface area contributed by atoms with Crippen molar-refractivity contribution in [3.63, 3.8) is 0 Å². The van der Waals surface area contributed by atoms with Crippen LogP contribution >= 0.6 is 0 Å². The Bertz CT molecular complexity index is 1120. The monoisotopic (exact) mass is 591 g/mol. The zero-order valence-corrected chi connectivity index (χ0v) is 22.6. The number of nitrogens with one attached hydrogen (secondary N) is 1. The van der Waals surface area contributed by atoms with Crippen LogP contribution in [-0.4, -0.2) is 22.9 Å². The van der Waals surface area contributed by atoms with E-state index in [9.17, 15) is 20.1 Å². The second kappa shape index (κ2) is 15.7. The van der Waals surface area contributed by atoms with Gasteiger partial charge in [0.25, 0.3) is 11.0 Å². The Balaban J connectivity index is 0.000000268. The smallest absolute Gasteiger partial charge is 0.254 e. The zero-order chi connectivity index (χ0) is 24.9. The molecule has 1 amide bonds. The Kier molecular flexibility index (Phi) is 13.4. The van der Waals surface area contributed by atoms with Crippen molar-refractivity contribution in [2.75, 3.05) is 6.54 Å². The summed E-state index contributed by atoms with van der Waals surface area (Å²) in [4.78, 5) is 9.65. The molecule has 188 valence electrons. The standard InChI is InChI=1S/2C11H11NO.C5H11NO2.HI/c2*1-2-12-8-4-6-9-5-3-7-10(13)11(9)12;1-2-3-4-6-5(7)8;/h2*3-8H,2H2,1H3;6H,2-4H2,1H3,(H,7,8);1H. The predicted molar refractivity (Wildman–Crippen MR) is 131 cm³/mol. The fourth-order valence-corrected chi connectivity index (χ4v) is 3.54. The number of aromatic hydroxyl groups is 2. The maximum absolute atomic E-state index is 9.66. The van der Waals surface area contributed by atoms with Gasteiger partial charge in [-0.2, -0.15) is 9.13 Å². The molecule has 2 heterocycles. The van der Waals surface area contributed by atoms with Gasteiger partial charge in [0.1, 0.15) is 19.2 Å². The molecule has 0 fully saturated rings. The molecule has 0 unspecified atom stereocenters. The number of pyridine rings is 2. The average Bonchev–Trinajstić information content (AvgIpc) is 2.84. The number of carboxylic acid groups (broad SMARTS) is 1. The Morgan fingerprint density at radius 2 is 1.23 bits per heavy atom. The Labute approximate surface area is 223 Å². The molecular weight excluding hydrogens is 557 g/mol. The molecule has 2 aromatic heterocycles. The first-order chi connectivity index (χ1) is 16.4. The molecule has 0 bridgehead atoms. The largest absolute Gasteiger partial charge is 1.00 e. The number of carbonyl (C=O) groups is 1. The summed E-state index contributed by atoms with van der Waals surface area (Å²) in [6.07, 6.45) is 4.65. The lowest BCUT2D eigenvalue weighted by atomic mass is 10.2. The number of nitrogens with zero attached hydrogens (tertiary/aromatic N) is 2. The van der Waals surface area contributed by atoms with Crippen LogP contribution in [0.2, 0.25) is 0 Å². The number of unbranched alkanes of at least 4 members (excludes halogenated alkanes) is 1. The van der Waals surface area contributed by atoms with Crippen molar-refractivity contribution in [2.45, 2.75) is 46.7 Å². The minimum absolute atomic E-state index is 0. The first-order valence-corrected chi connectivity index (χ1v) is 11.6. The number of aryl methyl sites for hydroxylation is 2. The van der Waals surface area contributed by atoms with E-state index in [0.717, 1.165) is 47.7 Å². The molecule has 0 radical (unpaired) electrons. The summed E-state index contributed by atoms with van der Waals surface area (Å²) in [5.41, 5.74) is 1.82. The molecule has 4 rings (SSSR count). The second-order valence-electron chi connectivity index (χ2n) is 7.59. The van der Waals surface area contributed by atoms with E-state index >= 15 is 0 Å². The molecule has 7 nitrogen and oxygen atoms in total. The van der Waals surface area contributed by atoms with E-state index in [4.69, 9.17) is 0 Å². The van der Waals surface area contributed by atoms with Gasteiger partial charge in [0.15, 0.2) is 23.9 Å². The summed E-state index contributed by atoms with van der Waals surface area (Å²) >= 11 is 0. The lowest BCUT2D eigenvalue weighted by Gasteiger charge is -2.02. The maximum atomic E-state index is 9.66. The lowest BCUT2D eigenvalue weighted by Crippen LogP contribution is -3.00. The van der Waals surface area contributed by atoms with Crippen LogP contribution in [0.3, 0.4) is 0 Å². The van der Waals surface area contributed by atoms with Gasteiger partial charge in [-0.3, -0.25) is 0 Å². The second-order valence-corrected chi connectivity index (χ2v) is 7.59. The minimum atomic E-state index is -1.18. The number of phenolic OH excluding ortho intramolecular Hbond substituents is 2. The summed E-state index contributed by atoms with van der Waals surface area (Å²) in [5.74, 6) is 0.694. The van der Waals surface area contributed by atoms with E-state index in [1.54, 1.807) is 12.1 Å². The van der Waals surface area contributed by atoms with Gasteiger partial charge < -0.3 is 49.4 Å². The van der Waals surface area contributed by atoms with Crippen molar-refractivity contribution in [1.29, 1.82) is 0 Å². The van der Waals surface area contributed by atoms with Gasteiger partial charge in [-0.05, 0) is 56.7 Å². The number of aromatic nitrogens is 2. The third-order valence-electron chi connectivity index (χ3n) is 5.23. The van der Waals surface area contributed by atoms with Crippen LogP contribution in [0.25, 0.3) is 21.8 Å². The number of hydrogen-bond acceptors (Lipinski definition) is 4. The third kappa shape index (κ3) is 8.86. The van der Waals surface area contributed by atoms with Gasteiger partial charge >= 0.3 is 0 Å². The van der Waals surface area contributed by atoms with Gasteiger partial charge in [-0.15, -0.1) is 0 Å². The normalized spacial score (nSPS) is 9.80. The molecular formula is C27H34IN3O4. The molecule has 0 aliphatic carbocycles. The van der Waals surface area contributed by atoms with E-state index in [1.165, 1.54) is 0 Å². The summed E-state index contributed by atoms with van der Waals surface area (Å²) in [6.45, 7) is 8.37. The molecule has 0 saturated carbocycles. The van der Waals surface area contributed by atoms with Crippen LogP contribution < -0.4 is 43.5 Å². The predicted octanol–water partition coefficient (Wildman–Crippen LogP) is 0.429. The number of fused-ring (bicyclic) bond motifs is 2. The number of amides is 1. The summed E-state index contributed by atoms with van der Waals surface area (Å²) in [6, 6.07) is 19.1. The van der Waals surface area contributed by atoms with Crippen molar-refractivity contribution < 1.29 is 53.2 Å². The highest BCUT2D eigenvalue weighted by Crippen LogP contribution is 2.20. The van der Waals surface area contributed by atoms with E-state index in [-0.39, 0.29) is 24.0 Å². The van der Waals surface area contributed by atoms with Crippen LogP contribution in [0.5, 0.6) is 11.5 Å². The van der Waals surface area contributed by atoms with E-state index in [1.807, 2.05) is 77.0 Å². The number of carbonyl (C=O) groups excluding carboxylic acids is 1. The topological polar surface area (TPSA) is 100 Å². The van der Waals surface area contributed by atoms with E-state index < -0.39 is 6.09 Å². The molecule has 0 atom stereocenters. The first-order valence-electron chi connectivity index (χ1n) is 11.6. The number of rotatable bonds is 5. The SMILES string of the molecule is CCCCNC(=O)[O-].CC[n+]1cccc2cccc(O)c21.CC[n+]1cccc2cccc(O)c21.[I-]. The number of halogens is 1. The quantitative estimate of drug-likeness (QED) is 0.178. The van der Waals surface area contributed by atoms with Crippen molar-refractivity contribution >= 4 is 27.9 Å². The minimum Gasteiger partial charge on any atom is -1.00 e. The van der Waals surface area contributed by atoms with Crippen molar-refractivity contribution in [2.24, 2.45) is 0 Å². The van der Waals surface area contributed by atoms with Crippen LogP contribution in [0.15, 0.2) is 73.1 Å². The number of phenols is 2. The molecule has 0 aliphatic heterocycles. The number of hydrogen-bond donors (Lipinski definition) is 3. The molecule has 35 heavy (non-hydrogen) atoms. The van der Waals surface area contributed by atoms with Gasteiger partial charge in [0.2, 0.25) is 0 Å². The summed E-state index contributed by atoms with van der Waals surface area (Å²) in [5, 5.41) is 33.3. The fraction of sp³-hybridized carbons (Fsp3) is 0.296. The van der Waals surface area contributed by atoms with Crippen LogP contribution in [0.4, 0.5) is 4.79 Å². The Morgan fingerprint density at radius 1 is 0.800 bits per heavy atom. The molecule has 0 saturated heterocycles. The number of benzene rings is 2. The van der Waals surface area contributed by atoms with Crippen molar-refractivity contribution in [3.05, 3.63) is 73.1 Å².